The SMILES string of the molecule is CC(=O)OCOC(=O)C1CCC2(C)OC2C1. The molecule has 1 aliphatic heterocycles. The van der Waals surface area contributed by atoms with Gasteiger partial charge in [0.15, 0.2) is 0 Å². The maximum absolute atomic E-state index is 11.6. The second kappa shape index (κ2) is 4.05. The van der Waals surface area contributed by atoms with E-state index in [1.165, 1.54) is 6.92 Å². The number of rotatable bonds is 3. The van der Waals surface area contributed by atoms with Crippen molar-refractivity contribution in [3.63, 3.8) is 0 Å². The molecule has 5 nitrogen and oxygen atoms in total. The molecule has 0 amide bonds. The Kier molecular flexibility index (Phi) is 2.88. The van der Waals surface area contributed by atoms with Gasteiger partial charge in [-0.3, -0.25) is 9.59 Å². The van der Waals surface area contributed by atoms with E-state index in [9.17, 15) is 9.59 Å². The molecule has 1 saturated carbocycles. The fourth-order valence-corrected chi connectivity index (χ4v) is 2.15. The fourth-order valence-electron chi connectivity index (χ4n) is 2.15. The number of epoxide rings is 1. The van der Waals surface area contributed by atoms with Crippen LogP contribution in [0, 0.1) is 5.92 Å². The number of hydrogen-bond donors (Lipinski definition) is 0. The van der Waals surface area contributed by atoms with Gasteiger partial charge in [0.05, 0.1) is 17.6 Å². The summed E-state index contributed by atoms with van der Waals surface area (Å²) in [4.78, 5) is 22.0. The molecule has 1 saturated heterocycles. The smallest absolute Gasteiger partial charge is 0.311 e. The maximum Gasteiger partial charge on any atom is 0.311 e. The second-order valence-electron chi connectivity index (χ2n) is 4.61. The van der Waals surface area contributed by atoms with Gasteiger partial charge in [0.1, 0.15) is 0 Å². The van der Waals surface area contributed by atoms with Crippen molar-refractivity contribution >= 4 is 11.9 Å². The molecule has 0 bridgehead atoms. The van der Waals surface area contributed by atoms with Crippen molar-refractivity contribution in [1.82, 2.24) is 0 Å². The average Bonchev–Trinajstić information content (AvgIpc) is 2.87. The molecule has 3 unspecified atom stereocenters. The lowest BCUT2D eigenvalue weighted by molar-refractivity contribution is -0.169. The van der Waals surface area contributed by atoms with Gasteiger partial charge in [-0.25, -0.2) is 0 Å². The molecule has 2 fully saturated rings. The largest absolute Gasteiger partial charge is 0.428 e. The lowest BCUT2D eigenvalue weighted by Gasteiger charge is -2.20. The van der Waals surface area contributed by atoms with Crippen LogP contribution >= 0.6 is 0 Å². The highest BCUT2D eigenvalue weighted by Crippen LogP contribution is 2.49. The molecule has 0 N–H and O–H groups in total. The summed E-state index contributed by atoms with van der Waals surface area (Å²) in [5.41, 5.74) is 0.00661. The van der Waals surface area contributed by atoms with Gasteiger partial charge in [-0.1, -0.05) is 0 Å². The second-order valence-corrected chi connectivity index (χ2v) is 4.61. The monoisotopic (exact) mass is 228 g/mol. The van der Waals surface area contributed by atoms with Crippen LogP contribution in [0.25, 0.3) is 0 Å². The predicted molar refractivity (Wildman–Crippen MR) is 53.3 cm³/mol. The Bertz CT molecular complexity index is 313. The van der Waals surface area contributed by atoms with Crippen molar-refractivity contribution in [3.8, 4) is 0 Å². The third-order valence-corrected chi connectivity index (χ3v) is 3.32. The topological polar surface area (TPSA) is 65.1 Å². The Labute approximate surface area is 94.0 Å². The first-order valence-corrected chi connectivity index (χ1v) is 5.49. The van der Waals surface area contributed by atoms with Crippen molar-refractivity contribution in [2.75, 3.05) is 6.79 Å². The van der Waals surface area contributed by atoms with E-state index in [0.717, 1.165) is 19.3 Å². The standard InChI is InChI=1S/C11H16O5/c1-7(12)14-6-15-10(13)8-3-4-11(2)9(5-8)16-11/h8-9H,3-6H2,1-2H3. The summed E-state index contributed by atoms with van der Waals surface area (Å²) in [7, 11) is 0. The van der Waals surface area contributed by atoms with Crippen LogP contribution in [-0.2, 0) is 23.8 Å². The molecule has 0 aromatic heterocycles. The van der Waals surface area contributed by atoms with Crippen molar-refractivity contribution < 1.29 is 23.8 Å². The van der Waals surface area contributed by atoms with Crippen LogP contribution < -0.4 is 0 Å². The van der Waals surface area contributed by atoms with Crippen molar-refractivity contribution in [2.45, 2.75) is 44.8 Å². The van der Waals surface area contributed by atoms with Gasteiger partial charge < -0.3 is 14.2 Å². The molecule has 1 heterocycles. The van der Waals surface area contributed by atoms with Crippen LogP contribution in [0.3, 0.4) is 0 Å². The number of ether oxygens (including phenoxy) is 3. The van der Waals surface area contributed by atoms with Gasteiger partial charge in [0, 0.05) is 6.92 Å². The Morgan fingerprint density at radius 1 is 1.44 bits per heavy atom. The first-order chi connectivity index (χ1) is 7.51. The number of fused-ring (bicyclic) bond motifs is 1. The molecule has 90 valence electrons. The molecule has 1 aliphatic carbocycles. The van der Waals surface area contributed by atoms with Gasteiger partial charge in [-0.2, -0.15) is 0 Å². The highest BCUT2D eigenvalue weighted by molar-refractivity contribution is 5.73. The van der Waals surface area contributed by atoms with E-state index in [2.05, 4.69) is 11.7 Å². The molecule has 5 heteroatoms. The zero-order chi connectivity index (χ0) is 11.8. The number of hydrogen-bond acceptors (Lipinski definition) is 5. The third-order valence-electron chi connectivity index (χ3n) is 3.32. The molecule has 2 rings (SSSR count). The van der Waals surface area contributed by atoms with Crippen LogP contribution in [0.4, 0.5) is 0 Å². The Morgan fingerprint density at radius 3 is 2.81 bits per heavy atom. The third kappa shape index (κ3) is 2.35. The minimum Gasteiger partial charge on any atom is -0.428 e. The number of carbonyl (C=O) groups is 2. The summed E-state index contributed by atoms with van der Waals surface area (Å²) < 4.78 is 14.9. The summed E-state index contributed by atoms with van der Waals surface area (Å²) in [6.45, 7) is 3.06. The Morgan fingerprint density at radius 2 is 2.19 bits per heavy atom. The first kappa shape index (κ1) is 11.4. The fraction of sp³-hybridized carbons (Fsp3) is 0.818. The van der Waals surface area contributed by atoms with Crippen molar-refractivity contribution in [2.24, 2.45) is 5.92 Å². The summed E-state index contributed by atoms with van der Waals surface area (Å²) in [6, 6.07) is 0. The van der Waals surface area contributed by atoms with Crippen LogP contribution in [0.5, 0.6) is 0 Å². The Hall–Kier alpha value is -1.10. The molecular formula is C11H16O5. The van der Waals surface area contributed by atoms with E-state index in [-0.39, 0.29) is 30.4 Å². The molecule has 16 heavy (non-hydrogen) atoms. The van der Waals surface area contributed by atoms with Crippen molar-refractivity contribution in [3.05, 3.63) is 0 Å². The van der Waals surface area contributed by atoms with E-state index in [1.807, 2.05) is 0 Å². The zero-order valence-electron chi connectivity index (χ0n) is 9.52. The molecule has 3 atom stereocenters. The summed E-state index contributed by atoms with van der Waals surface area (Å²) >= 11 is 0. The van der Waals surface area contributed by atoms with Gasteiger partial charge in [0.25, 0.3) is 0 Å². The van der Waals surface area contributed by atoms with Crippen LogP contribution in [-0.4, -0.2) is 30.4 Å². The van der Waals surface area contributed by atoms with E-state index in [4.69, 9.17) is 9.47 Å². The van der Waals surface area contributed by atoms with Gasteiger partial charge in [0.2, 0.25) is 6.79 Å². The van der Waals surface area contributed by atoms with Crippen LogP contribution in [0.15, 0.2) is 0 Å². The molecule has 2 aliphatic rings. The van der Waals surface area contributed by atoms with E-state index >= 15 is 0 Å². The summed E-state index contributed by atoms with van der Waals surface area (Å²) in [5, 5.41) is 0. The first-order valence-electron chi connectivity index (χ1n) is 5.49. The number of carbonyl (C=O) groups excluding carboxylic acids is 2. The predicted octanol–water partition coefficient (Wildman–Crippen LogP) is 1.01. The summed E-state index contributed by atoms with van der Waals surface area (Å²) in [5.74, 6) is -0.857. The minimum atomic E-state index is -0.449. The highest BCUT2D eigenvalue weighted by Gasteiger charge is 2.56. The van der Waals surface area contributed by atoms with Gasteiger partial charge in [-0.15, -0.1) is 0 Å². The molecule has 0 aromatic rings. The maximum atomic E-state index is 11.6. The average molecular weight is 228 g/mol. The van der Waals surface area contributed by atoms with Gasteiger partial charge in [-0.05, 0) is 26.2 Å². The minimum absolute atomic E-state index is 0.00661. The van der Waals surface area contributed by atoms with Crippen molar-refractivity contribution in [1.29, 1.82) is 0 Å². The van der Waals surface area contributed by atoms with E-state index < -0.39 is 5.97 Å². The molecular weight excluding hydrogens is 212 g/mol. The van der Waals surface area contributed by atoms with Crippen LogP contribution in [0.2, 0.25) is 0 Å². The molecule has 0 radical (unpaired) electrons. The van der Waals surface area contributed by atoms with E-state index in [1.54, 1.807) is 0 Å². The lowest BCUT2D eigenvalue weighted by atomic mass is 9.83. The lowest BCUT2D eigenvalue weighted by Crippen LogP contribution is -2.28. The normalized spacial score (nSPS) is 36.1. The molecule has 0 aromatic carbocycles. The van der Waals surface area contributed by atoms with E-state index in [0.29, 0.717) is 0 Å². The quantitative estimate of drug-likeness (QED) is 0.409. The number of esters is 2. The Balaban J connectivity index is 1.72. The van der Waals surface area contributed by atoms with Crippen LogP contribution in [0.1, 0.15) is 33.1 Å². The highest BCUT2D eigenvalue weighted by atomic mass is 16.7. The van der Waals surface area contributed by atoms with Gasteiger partial charge >= 0.3 is 11.9 Å². The summed E-state index contributed by atoms with van der Waals surface area (Å²) in [6.07, 6.45) is 2.60. The molecule has 0 spiro atoms. The zero-order valence-corrected chi connectivity index (χ0v) is 9.52.